The summed E-state index contributed by atoms with van der Waals surface area (Å²) in [5.74, 6) is -0.501. The summed E-state index contributed by atoms with van der Waals surface area (Å²) in [6, 6.07) is 8.05. The van der Waals surface area contributed by atoms with Crippen LogP contribution >= 0.6 is 11.3 Å². The number of hydrogen-bond acceptors (Lipinski definition) is 7. The monoisotopic (exact) mass is 408 g/mol. The van der Waals surface area contributed by atoms with Crippen LogP contribution in [0.2, 0.25) is 0 Å². The van der Waals surface area contributed by atoms with Gasteiger partial charge in [-0.25, -0.2) is 0 Å². The molecule has 0 saturated carbocycles. The van der Waals surface area contributed by atoms with Gasteiger partial charge in [0.25, 0.3) is 5.91 Å². The van der Waals surface area contributed by atoms with Gasteiger partial charge < -0.3 is 14.6 Å². The summed E-state index contributed by atoms with van der Waals surface area (Å²) in [5, 5.41) is 22.5. The molecule has 1 aliphatic heterocycles. The van der Waals surface area contributed by atoms with Crippen LogP contribution in [-0.4, -0.2) is 47.4 Å². The van der Waals surface area contributed by atoms with Crippen LogP contribution in [0.3, 0.4) is 0 Å². The zero-order valence-electron chi connectivity index (χ0n) is 16.2. The van der Waals surface area contributed by atoms with Crippen molar-refractivity contribution >= 4 is 44.5 Å². The van der Waals surface area contributed by atoms with Crippen LogP contribution < -0.4 is 10.2 Å². The van der Waals surface area contributed by atoms with Gasteiger partial charge in [-0.3, -0.25) is 10.1 Å². The molecule has 3 heterocycles. The maximum atomic E-state index is 12.7. The Bertz CT molecular complexity index is 1130. The number of ether oxygens (including phenoxy) is 1. The summed E-state index contributed by atoms with van der Waals surface area (Å²) >= 11 is 1.28. The number of aryl methyl sites for hydroxylation is 2. The average molecular weight is 408 g/mol. The normalized spacial score (nSPS) is 14.8. The highest BCUT2D eigenvalue weighted by Crippen LogP contribution is 2.27. The third-order valence-electron chi connectivity index (χ3n) is 4.76. The number of carbonyl (C=O) groups excluding carboxylic acids is 1. The van der Waals surface area contributed by atoms with E-state index in [4.69, 9.17) is 4.74 Å². The summed E-state index contributed by atoms with van der Waals surface area (Å²) in [5.41, 5.74) is 3.83. The van der Waals surface area contributed by atoms with Gasteiger partial charge in [-0.1, -0.05) is 23.0 Å². The highest BCUT2D eigenvalue weighted by Gasteiger charge is 2.18. The number of nitrogens with zero attached hydrogens (tertiary/aromatic N) is 4. The maximum absolute atomic E-state index is 12.7. The van der Waals surface area contributed by atoms with Gasteiger partial charge >= 0.3 is 0 Å². The number of rotatable bonds is 4. The first-order valence-electron chi connectivity index (χ1n) is 9.23. The Balaban J connectivity index is 1.56. The standard InChI is InChI=1S/C20H20N6O2S/c1-12-3-4-17-16(9-12)15(13(2)22-17)10-14(11-21)18(27)23-19-24-25-20(29-19)26-5-7-28-8-6-26/h3-4,9-10,22H,5-8H2,1-2H3,(H,23,24,27). The van der Waals surface area contributed by atoms with Gasteiger partial charge in [0, 0.05) is 35.2 Å². The van der Waals surface area contributed by atoms with Crippen molar-refractivity contribution < 1.29 is 9.53 Å². The fraction of sp³-hybridized carbons (Fsp3) is 0.300. The van der Waals surface area contributed by atoms with Crippen LogP contribution in [0.1, 0.15) is 16.8 Å². The third-order valence-corrected chi connectivity index (χ3v) is 5.66. The lowest BCUT2D eigenvalue weighted by molar-refractivity contribution is -0.112. The second kappa shape index (κ2) is 8.03. The molecule has 0 bridgehead atoms. The van der Waals surface area contributed by atoms with Crippen LogP contribution in [-0.2, 0) is 9.53 Å². The number of nitrogens with one attached hydrogen (secondary N) is 2. The lowest BCUT2D eigenvalue weighted by Gasteiger charge is -2.25. The molecule has 2 N–H and O–H groups in total. The molecule has 1 saturated heterocycles. The predicted molar refractivity (Wildman–Crippen MR) is 113 cm³/mol. The molecule has 1 aromatic carbocycles. The van der Waals surface area contributed by atoms with E-state index in [0.29, 0.717) is 18.3 Å². The Labute approximate surface area is 171 Å². The molecule has 8 nitrogen and oxygen atoms in total. The van der Waals surface area contributed by atoms with E-state index in [1.807, 2.05) is 38.1 Å². The van der Waals surface area contributed by atoms with E-state index in [9.17, 15) is 10.1 Å². The van der Waals surface area contributed by atoms with Crippen molar-refractivity contribution in [2.24, 2.45) is 0 Å². The zero-order chi connectivity index (χ0) is 20.4. The Hall–Kier alpha value is -3.22. The van der Waals surface area contributed by atoms with Gasteiger partial charge in [-0.05, 0) is 32.1 Å². The zero-order valence-corrected chi connectivity index (χ0v) is 17.0. The average Bonchev–Trinajstić information content (AvgIpc) is 3.30. The van der Waals surface area contributed by atoms with Crippen molar-refractivity contribution in [3.63, 3.8) is 0 Å². The molecule has 0 spiro atoms. The van der Waals surface area contributed by atoms with Crippen molar-refractivity contribution in [3.8, 4) is 6.07 Å². The number of aromatic nitrogens is 3. The fourth-order valence-corrected chi connectivity index (χ4v) is 4.04. The highest BCUT2D eigenvalue weighted by molar-refractivity contribution is 7.19. The predicted octanol–water partition coefficient (Wildman–Crippen LogP) is 3.02. The van der Waals surface area contributed by atoms with Crippen molar-refractivity contribution in [2.45, 2.75) is 13.8 Å². The first-order chi connectivity index (χ1) is 14.0. The molecule has 148 valence electrons. The maximum Gasteiger partial charge on any atom is 0.268 e. The van der Waals surface area contributed by atoms with Crippen LogP contribution in [0.15, 0.2) is 23.8 Å². The number of anilines is 2. The lowest BCUT2D eigenvalue weighted by atomic mass is 10.1. The van der Waals surface area contributed by atoms with Crippen LogP contribution in [0.4, 0.5) is 10.3 Å². The number of amides is 1. The first-order valence-corrected chi connectivity index (χ1v) is 10.0. The summed E-state index contributed by atoms with van der Waals surface area (Å²) in [7, 11) is 0. The van der Waals surface area contributed by atoms with E-state index in [-0.39, 0.29) is 5.57 Å². The van der Waals surface area contributed by atoms with Crippen molar-refractivity contribution in [1.82, 2.24) is 15.2 Å². The first kappa shape index (κ1) is 19.1. The van der Waals surface area contributed by atoms with E-state index in [1.165, 1.54) is 11.3 Å². The highest BCUT2D eigenvalue weighted by atomic mass is 32.1. The number of aromatic amines is 1. The summed E-state index contributed by atoms with van der Waals surface area (Å²) in [6.45, 7) is 6.70. The molecule has 0 unspecified atom stereocenters. The number of morpholine rings is 1. The van der Waals surface area contributed by atoms with Crippen molar-refractivity contribution in [3.05, 3.63) is 40.6 Å². The SMILES string of the molecule is Cc1ccc2[nH]c(C)c(C=C(C#N)C(=O)Nc3nnc(N4CCOCC4)s3)c2c1. The van der Waals surface area contributed by atoms with Gasteiger partial charge in [0.2, 0.25) is 10.3 Å². The van der Waals surface area contributed by atoms with Gasteiger partial charge in [-0.15, -0.1) is 10.2 Å². The number of fused-ring (bicyclic) bond motifs is 1. The Morgan fingerprint density at radius 1 is 1.34 bits per heavy atom. The second-order valence-electron chi connectivity index (χ2n) is 6.83. The Kier molecular flexibility index (Phi) is 5.29. The third kappa shape index (κ3) is 3.99. The molecule has 0 aliphatic carbocycles. The van der Waals surface area contributed by atoms with Gasteiger partial charge in [0.15, 0.2) is 0 Å². The molecule has 2 aromatic heterocycles. The minimum atomic E-state index is -0.501. The number of carbonyl (C=O) groups is 1. The molecule has 3 aromatic rings. The van der Waals surface area contributed by atoms with Crippen LogP contribution in [0, 0.1) is 25.2 Å². The molecule has 0 radical (unpaired) electrons. The lowest BCUT2D eigenvalue weighted by Crippen LogP contribution is -2.36. The fourth-order valence-electron chi connectivity index (χ4n) is 3.25. The number of hydrogen-bond donors (Lipinski definition) is 2. The molecular formula is C20H20N6O2S. The Morgan fingerprint density at radius 3 is 2.90 bits per heavy atom. The van der Waals surface area contributed by atoms with Crippen LogP contribution in [0.5, 0.6) is 0 Å². The smallest absolute Gasteiger partial charge is 0.268 e. The van der Waals surface area contributed by atoms with Crippen LogP contribution in [0.25, 0.3) is 17.0 Å². The molecule has 9 heteroatoms. The van der Waals surface area contributed by atoms with Gasteiger partial charge in [0.1, 0.15) is 11.6 Å². The van der Waals surface area contributed by atoms with E-state index in [2.05, 4.69) is 25.4 Å². The number of nitriles is 1. The Morgan fingerprint density at radius 2 is 2.14 bits per heavy atom. The molecular weight excluding hydrogens is 388 g/mol. The summed E-state index contributed by atoms with van der Waals surface area (Å²) in [4.78, 5) is 18.0. The topological polar surface area (TPSA) is 107 Å². The molecule has 0 atom stereocenters. The second-order valence-corrected chi connectivity index (χ2v) is 7.78. The van der Waals surface area contributed by atoms with Crippen molar-refractivity contribution in [2.75, 3.05) is 36.5 Å². The van der Waals surface area contributed by atoms with E-state index in [1.54, 1.807) is 6.08 Å². The molecule has 29 heavy (non-hydrogen) atoms. The quantitative estimate of drug-likeness (QED) is 0.508. The number of H-pyrrole nitrogens is 1. The molecule has 1 fully saturated rings. The largest absolute Gasteiger partial charge is 0.378 e. The van der Waals surface area contributed by atoms with Crippen molar-refractivity contribution in [1.29, 1.82) is 5.26 Å². The van der Waals surface area contributed by atoms with Gasteiger partial charge in [-0.2, -0.15) is 5.26 Å². The number of benzene rings is 1. The molecule has 1 amide bonds. The van der Waals surface area contributed by atoms with Gasteiger partial charge in [0.05, 0.1) is 13.2 Å². The van der Waals surface area contributed by atoms with E-state index < -0.39 is 5.91 Å². The minimum absolute atomic E-state index is 0.0126. The van der Waals surface area contributed by atoms with E-state index in [0.717, 1.165) is 45.9 Å². The molecule has 1 aliphatic rings. The summed E-state index contributed by atoms with van der Waals surface area (Å²) < 4.78 is 5.33. The van der Waals surface area contributed by atoms with E-state index >= 15 is 0 Å². The summed E-state index contributed by atoms with van der Waals surface area (Å²) in [6.07, 6.45) is 1.62. The minimum Gasteiger partial charge on any atom is -0.378 e. The molecule has 4 rings (SSSR count).